The van der Waals surface area contributed by atoms with Crippen LogP contribution in [0.1, 0.15) is 41.3 Å². The van der Waals surface area contributed by atoms with Gasteiger partial charge in [-0.2, -0.15) is 0 Å². The molecule has 1 aliphatic heterocycles. The van der Waals surface area contributed by atoms with Crippen molar-refractivity contribution >= 4 is 29.3 Å². The van der Waals surface area contributed by atoms with Crippen LogP contribution in [0, 0.1) is 5.82 Å². The Labute approximate surface area is 169 Å². The van der Waals surface area contributed by atoms with E-state index in [2.05, 4.69) is 17.1 Å². The molecule has 3 nitrogen and oxygen atoms in total. The molecule has 27 heavy (non-hydrogen) atoms. The second-order valence-corrected chi connectivity index (χ2v) is 8.40. The van der Waals surface area contributed by atoms with Crippen LogP contribution >= 0.6 is 23.4 Å². The van der Waals surface area contributed by atoms with Crippen LogP contribution in [0.4, 0.5) is 4.39 Å². The molecule has 0 atom stereocenters. The number of hydrogen-bond donors (Lipinski definition) is 1. The third-order valence-corrected chi connectivity index (χ3v) is 5.90. The van der Waals surface area contributed by atoms with Gasteiger partial charge in [0, 0.05) is 34.1 Å². The summed E-state index contributed by atoms with van der Waals surface area (Å²) in [5.41, 5.74) is 1.95. The minimum Gasteiger partial charge on any atom is -0.348 e. The highest BCUT2D eigenvalue weighted by Gasteiger charge is 2.16. The van der Waals surface area contributed by atoms with Crippen molar-refractivity contribution in [3.8, 4) is 0 Å². The molecule has 1 heterocycles. The third-order valence-electron chi connectivity index (χ3n) is 4.67. The third kappa shape index (κ3) is 5.47. The van der Waals surface area contributed by atoms with E-state index in [-0.39, 0.29) is 11.7 Å². The molecule has 1 saturated heterocycles. The van der Waals surface area contributed by atoms with Crippen molar-refractivity contribution in [2.45, 2.75) is 37.8 Å². The number of halogens is 2. The number of nitrogens with one attached hydrogen (secondary N) is 1. The average Bonchev–Trinajstić information content (AvgIpc) is 3.16. The van der Waals surface area contributed by atoms with Crippen molar-refractivity contribution in [1.29, 1.82) is 0 Å². The number of nitrogens with zero attached hydrogens (tertiary/aromatic N) is 1. The van der Waals surface area contributed by atoms with Gasteiger partial charge < -0.3 is 5.32 Å². The van der Waals surface area contributed by atoms with E-state index in [1.807, 2.05) is 18.2 Å². The number of carbonyl (C=O) groups is 1. The molecule has 3 rings (SSSR count). The van der Waals surface area contributed by atoms with E-state index >= 15 is 0 Å². The zero-order valence-electron chi connectivity index (χ0n) is 15.4. The number of rotatable bonds is 7. The summed E-state index contributed by atoms with van der Waals surface area (Å²) in [6.07, 6.45) is 2.34. The van der Waals surface area contributed by atoms with E-state index in [1.54, 1.807) is 23.9 Å². The molecule has 0 radical (unpaired) electrons. The van der Waals surface area contributed by atoms with Crippen LogP contribution in [0.3, 0.4) is 0 Å². The quantitative estimate of drug-likeness (QED) is 0.648. The normalized spacial score (nSPS) is 14.5. The smallest absolute Gasteiger partial charge is 0.251 e. The Morgan fingerprint density at radius 2 is 1.96 bits per heavy atom. The molecular formula is C21H24ClFN2OS. The van der Waals surface area contributed by atoms with Crippen LogP contribution in [0.25, 0.3) is 0 Å². The molecule has 1 fully saturated rings. The summed E-state index contributed by atoms with van der Waals surface area (Å²) in [7, 11) is 0. The molecule has 2 aromatic rings. The predicted molar refractivity (Wildman–Crippen MR) is 110 cm³/mol. The van der Waals surface area contributed by atoms with Crippen molar-refractivity contribution in [3.63, 3.8) is 0 Å². The molecule has 0 saturated carbocycles. The Balaban J connectivity index is 1.64. The first kappa shape index (κ1) is 20.2. The molecule has 0 aromatic heterocycles. The Kier molecular flexibility index (Phi) is 7.16. The lowest BCUT2D eigenvalue weighted by molar-refractivity contribution is 0.0950. The zero-order chi connectivity index (χ0) is 19.2. The molecule has 0 spiro atoms. The second-order valence-electron chi connectivity index (χ2n) is 6.66. The van der Waals surface area contributed by atoms with Crippen LogP contribution in [0.5, 0.6) is 0 Å². The zero-order valence-corrected chi connectivity index (χ0v) is 17.0. The van der Waals surface area contributed by atoms with Gasteiger partial charge in [0.05, 0.1) is 0 Å². The fourth-order valence-electron chi connectivity index (χ4n) is 3.26. The van der Waals surface area contributed by atoms with Gasteiger partial charge in [0.1, 0.15) is 5.82 Å². The summed E-state index contributed by atoms with van der Waals surface area (Å²) >= 11 is 7.78. The molecule has 1 N–H and O–H groups in total. The van der Waals surface area contributed by atoms with Crippen molar-refractivity contribution < 1.29 is 9.18 Å². The molecule has 1 aliphatic rings. The van der Waals surface area contributed by atoms with Crippen molar-refractivity contribution in [1.82, 2.24) is 10.2 Å². The highest BCUT2D eigenvalue weighted by atomic mass is 35.5. The highest BCUT2D eigenvalue weighted by Crippen LogP contribution is 2.25. The maximum absolute atomic E-state index is 14.4. The monoisotopic (exact) mass is 406 g/mol. The maximum Gasteiger partial charge on any atom is 0.251 e. The van der Waals surface area contributed by atoms with Gasteiger partial charge in [-0.05, 0) is 67.6 Å². The van der Waals surface area contributed by atoms with Crippen LogP contribution in [0.15, 0.2) is 41.3 Å². The summed E-state index contributed by atoms with van der Waals surface area (Å²) in [6, 6.07) is 10.4. The maximum atomic E-state index is 14.4. The van der Waals surface area contributed by atoms with Gasteiger partial charge in [-0.15, -0.1) is 11.8 Å². The van der Waals surface area contributed by atoms with E-state index in [9.17, 15) is 9.18 Å². The lowest BCUT2D eigenvalue weighted by Crippen LogP contribution is -2.24. The minimum absolute atomic E-state index is 0.283. The van der Waals surface area contributed by atoms with Crippen molar-refractivity contribution in [2.75, 3.05) is 18.8 Å². The topological polar surface area (TPSA) is 32.3 Å². The van der Waals surface area contributed by atoms with E-state index in [0.717, 1.165) is 29.3 Å². The van der Waals surface area contributed by atoms with Crippen LogP contribution < -0.4 is 5.32 Å². The number of likely N-dealkylation sites (tertiary alicyclic amines) is 1. The first-order valence-electron chi connectivity index (χ1n) is 9.27. The van der Waals surface area contributed by atoms with E-state index < -0.39 is 0 Å². The van der Waals surface area contributed by atoms with Gasteiger partial charge in [0.25, 0.3) is 5.91 Å². The summed E-state index contributed by atoms with van der Waals surface area (Å²) in [4.78, 5) is 15.8. The van der Waals surface area contributed by atoms with Gasteiger partial charge in [-0.3, -0.25) is 9.69 Å². The summed E-state index contributed by atoms with van der Waals surface area (Å²) < 4.78 is 14.4. The fourth-order valence-corrected chi connectivity index (χ4v) is 4.24. The first-order valence-corrected chi connectivity index (χ1v) is 10.6. The second kappa shape index (κ2) is 9.58. The lowest BCUT2D eigenvalue weighted by Gasteiger charge is -2.15. The number of amides is 1. The van der Waals surface area contributed by atoms with Crippen LogP contribution in [-0.2, 0) is 13.1 Å². The van der Waals surface area contributed by atoms with Crippen LogP contribution in [-0.4, -0.2) is 29.6 Å². The standard InChI is InChI=1S/C21H24ClFN2OS/c1-2-27-20-8-7-18(22)11-17(20)13-24-21(26)15-5-6-16(19(23)12-15)14-25-9-3-4-10-25/h5-8,11-12H,2-4,9-10,13-14H2,1H3,(H,24,26). The number of benzene rings is 2. The Morgan fingerprint density at radius 1 is 1.19 bits per heavy atom. The Morgan fingerprint density at radius 3 is 2.67 bits per heavy atom. The molecule has 0 aliphatic carbocycles. The SMILES string of the molecule is CCSc1ccc(Cl)cc1CNC(=O)c1ccc(CN2CCCC2)c(F)c1. The lowest BCUT2D eigenvalue weighted by atomic mass is 10.1. The molecule has 144 valence electrons. The fraction of sp³-hybridized carbons (Fsp3) is 0.381. The average molecular weight is 407 g/mol. The number of thioether (sulfide) groups is 1. The molecule has 0 unspecified atom stereocenters. The Hall–Kier alpha value is -1.56. The number of carbonyl (C=O) groups excluding carboxylic acids is 1. The highest BCUT2D eigenvalue weighted by molar-refractivity contribution is 7.99. The summed E-state index contributed by atoms with van der Waals surface area (Å²) in [5.74, 6) is 0.334. The first-order chi connectivity index (χ1) is 13.1. The summed E-state index contributed by atoms with van der Waals surface area (Å²) in [6.45, 7) is 5.07. The summed E-state index contributed by atoms with van der Waals surface area (Å²) in [5, 5.41) is 3.51. The molecular weight excluding hydrogens is 383 g/mol. The van der Waals surface area contributed by atoms with Gasteiger partial charge in [0.2, 0.25) is 0 Å². The molecule has 1 amide bonds. The molecule has 2 aromatic carbocycles. The molecule has 6 heteroatoms. The van der Waals surface area contributed by atoms with E-state index in [4.69, 9.17) is 11.6 Å². The van der Waals surface area contributed by atoms with Crippen molar-refractivity contribution in [3.05, 3.63) is 63.9 Å². The van der Waals surface area contributed by atoms with Gasteiger partial charge in [-0.25, -0.2) is 4.39 Å². The van der Waals surface area contributed by atoms with Gasteiger partial charge in [0.15, 0.2) is 0 Å². The predicted octanol–water partition coefficient (Wildman–Crippen LogP) is 5.12. The van der Waals surface area contributed by atoms with Gasteiger partial charge in [-0.1, -0.05) is 24.6 Å². The van der Waals surface area contributed by atoms with E-state index in [1.165, 1.54) is 18.9 Å². The van der Waals surface area contributed by atoms with E-state index in [0.29, 0.717) is 29.2 Å². The largest absolute Gasteiger partial charge is 0.348 e. The van der Waals surface area contributed by atoms with Crippen LogP contribution in [0.2, 0.25) is 5.02 Å². The van der Waals surface area contributed by atoms with Crippen molar-refractivity contribution in [2.24, 2.45) is 0 Å². The minimum atomic E-state index is -0.320. The molecule has 0 bridgehead atoms. The van der Waals surface area contributed by atoms with Gasteiger partial charge >= 0.3 is 0 Å². The number of hydrogen-bond acceptors (Lipinski definition) is 3. The Bertz CT molecular complexity index is 809.